The van der Waals surface area contributed by atoms with Crippen molar-refractivity contribution in [1.82, 2.24) is 5.32 Å². The number of hydrogen-bond donors (Lipinski definition) is 1. The van der Waals surface area contributed by atoms with E-state index in [4.69, 9.17) is 16.3 Å². The van der Waals surface area contributed by atoms with Crippen molar-refractivity contribution in [3.63, 3.8) is 0 Å². The predicted octanol–water partition coefficient (Wildman–Crippen LogP) is 3.27. The predicted molar refractivity (Wildman–Crippen MR) is 73.7 cm³/mol. The molecule has 1 aromatic rings. The molecule has 0 aromatic heterocycles. The van der Waals surface area contributed by atoms with E-state index in [1.165, 1.54) is 25.3 Å². The van der Waals surface area contributed by atoms with Gasteiger partial charge in [-0.05, 0) is 35.5 Å². The SMILES string of the molecule is COc1cc(/C=C2\SC(=O)NC2=O)cc(Cl)c1OC(F)F. The lowest BCUT2D eigenvalue weighted by Crippen LogP contribution is -2.17. The first-order valence-corrected chi connectivity index (χ1v) is 6.67. The van der Waals surface area contributed by atoms with Crippen LogP contribution >= 0.6 is 23.4 Å². The van der Waals surface area contributed by atoms with Gasteiger partial charge in [-0.1, -0.05) is 11.6 Å². The summed E-state index contributed by atoms with van der Waals surface area (Å²) in [5.41, 5.74) is 0.408. The zero-order valence-corrected chi connectivity index (χ0v) is 12.1. The summed E-state index contributed by atoms with van der Waals surface area (Å²) >= 11 is 6.60. The first kappa shape index (κ1) is 15.6. The quantitative estimate of drug-likeness (QED) is 0.855. The van der Waals surface area contributed by atoms with E-state index in [1.54, 1.807) is 0 Å². The van der Waals surface area contributed by atoms with Crippen molar-refractivity contribution in [2.24, 2.45) is 0 Å². The number of carbonyl (C=O) groups excluding carboxylic acids is 2. The van der Waals surface area contributed by atoms with Crippen molar-refractivity contribution in [3.8, 4) is 11.5 Å². The third-order valence-electron chi connectivity index (χ3n) is 2.40. The smallest absolute Gasteiger partial charge is 0.387 e. The third-order valence-corrected chi connectivity index (χ3v) is 3.49. The molecule has 1 aliphatic heterocycles. The molecule has 1 fully saturated rings. The van der Waals surface area contributed by atoms with Crippen molar-refractivity contribution in [3.05, 3.63) is 27.6 Å². The Morgan fingerprint density at radius 3 is 2.62 bits per heavy atom. The molecule has 112 valence electrons. The monoisotopic (exact) mass is 335 g/mol. The number of thioether (sulfide) groups is 1. The first-order chi connectivity index (χ1) is 9.90. The summed E-state index contributed by atoms with van der Waals surface area (Å²) in [5, 5.41) is 1.51. The van der Waals surface area contributed by atoms with Gasteiger partial charge in [-0.3, -0.25) is 14.9 Å². The molecular formula is C12H8ClF2NO4S. The Morgan fingerprint density at radius 1 is 1.38 bits per heavy atom. The highest BCUT2D eigenvalue weighted by Gasteiger charge is 2.25. The highest BCUT2D eigenvalue weighted by molar-refractivity contribution is 8.18. The lowest BCUT2D eigenvalue weighted by atomic mass is 10.2. The fourth-order valence-corrected chi connectivity index (χ4v) is 2.54. The summed E-state index contributed by atoms with van der Waals surface area (Å²) < 4.78 is 33.8. The molecule has 1 saturated heterocycles. The van der Waals surface area contributed by atoms with Crippen LogP contribution in [0.1, 0.15) is 5.56 Å². The second-order valence-electron chi connectivity index (χ2n) is 3.76. The summed E-state index contributed by atoms with van der Waals surface area (Å²) in [6, 6.07) is 2.69. The van der Waals surface area contributed by atoms with Crippen LogP contribution in [0.25, 0.3) is 6.08 Å². The van der Waals surface area contributed by atoms with Crippen LogP contribution in [0, 0.1) is 0 Å². The lowest BCUT2D eigenvalue weighted by molar-refractivity contribution is -0.115. The largest absolute Gasteiger partial charge is 0.493 e. The van der Waals surface area contributed by atoms with E-state index < -0.39 is 17.8 Å². The van der Waals surface area contributed by atoms with E-state index in [0.717, 1.165) is 11.8 Å². The lowest BCUT2D eigenvalue weighted by Gasteiger charge is -2.12. The second-order valence-corrected chi connectivity index (χ2v) is 5.19. The number of benzene rings is 1. The Morgan fingerprint density at radius 2 is 2.10 bits per heavy atom. The van der Waals surface area contributed by atoms with E-state index in [0.29, 0.717) is 5.56 Å². The van der Waals surface area contributed by atoms with Crippen LogP contribution in [-0.2, 0) is 4.79 Å². The summed E-state index contributed by atoms with van der Waals surface area (Å²) in [6.07, 6.45) is 1.39. The van der Waals surface area contributed by atoms with Gasteiger partial charge >= 0.3 is 6.61 Å². The maximum atomic E-state index is 12.3. The summed E-state index contributed by atoms with van der Waals surface area (Å²) in [6.45, 7) is -3.05. The molecule has 0 spiro atoms. The van der Waals surface area contributed by atoms with E-state index in [-0.39, 0.29) is 21.4 Å². The number of alkyl halides is 2. The molecule has 0 radical (unpaired) electrons. The highest BCUT2D eigenvalue weighted by atomic mass is 35.5. The summed E-state index contributed by atoms with van der Waals surface area (Å²) in [5.74, 6) is -0.840. The first-order valence-electron chi connectivity index (χ1n) is 5.48. The average molecular weight is 336 g/mol. The molecule has 2 rings (SSSR count). The van der Waals surface area contributed by atoms with Gasteiger partial charge in [-0.25, -0.2) is 0 Å². The molecule has 0 atom stereocenters. The van der Waals surface area contributed by atoms with Gasteiger partial charge in [0.25, 0.3) is 11.1 Å². The molecule has 21 heavy (non-hydrogen) atoms. The Balaban J connectivity index is 2.38. The number of carbonyl (C=O) groups is 2. The van der Waals surface area contributed by atoms with Gasteiger partial charge in [0.15, 0.2) is 11.5 Å². The van der Waals surface area contributed by atoms with Crippen LogP contribution < -0.4 is 14.8 Å². The van der Waals surface area contributed by atoms with Crippen LogP contribution in [0.2, 0.25) is 5.02 Å². The van der Waals surface area contributed by atoms with Gasteiger partial charge in [0.2, 0.25) is 0 Å². The molecule has 1 aromatic carbocycles. The van der Waals surface area contributed by atoms with Gasteiger partial charge in [-0.15, -0.1) is 0 Å². The molecule has 2 amide bonds. The molecular weight excluding hydrogens is 328 g/mol. The molecule has 0 unspecified atom stereocenters. The average Bonchev–Trinajstić information content (AvgIpc) is 2.70. The van der Waals surface area contributed by atoms with Gasteiger partial charge in [0, 0.05) is 0 Å². The Hall–Kier alpha value is -1.80. The number of imide groups is 1. The fraction of sp³-hybridized carbons (Fsp3) is 0.167. The minimum Gasteiger partial charge on any atom is -0.493 e. The Labute approximate surface area is 127 Å². The van der Waals surface area contributed by atoms with Crippen LogP contribution in [0.3, 0.4) is 0 Å². The Bertz CT molecular complexity index is 636. The van der Waals surface area contributed by atoms with Crippen molar-refractivity contribution in [2.45, 2.75) is 6.61 Å². The molecule has 1 aliphatic rings. The number of methoxy groups -OCH3 is 1. The molecule has 0 bridgehead atoms. The highest BCUT2D eigenvalue weighted by Crippen LogP contribution is 2.38. The maximum Gasteiger partial charge on any atom is 0.387 e. The summed E-state index contributed by atoms with van der Waals surface area (Å²) in [7, 11) is 1.27. The standard InChI is InChI=1S/C12H8ClF2NO4S/c1-19-7-3-5(2-6(13)9(7)20-11(14)15)4-8-10(17)16-12(18)21-8/h2-4,11H,1H3,(H,16,17,18)/b8-4-. The number of hydrogen-bond acceptors (Lipinski definition) is 5. The van der Waals surface area contributed by atoms with Crippen LogP contribution in [0.15, 0.2) is 17.0 Å². The Kier molecular flexibility index (Phi) is 4.69. The van der Waals surface area contributed by atoms with Crippen molar-refractivity contribution < 1.29 is 27.8 Å². The second kappa shape index (κ2) is 6.31. The van der Waals surface area contributed by atoms with Crippen LogP contribution in [0.5, 0.6) is 11.5 Å². The van der Waals surface area contributed by atoms with Crippen molar-refractivity contribution in [1.29, 1.82) is 0 Å². The number of nitrogens with one attached hydrogen (secondary N) is 1. The number of rotatable bonds is 4. The third kappa shape index (κ3) is 3.64. The van der Waals surface area contributed by atoms with Crippen LogP contribution in [-0.4, -0.2) is 24.9 Å². The van der Waals surface area contributed by atoms with Gasteiger partial charge in [0.1, 0.15) is 0 Å². The number of amides is 2. The molecule has 1 N–H and O–H groups in total. The molecule has 9 heteroatoms. The zero-order chi connectivity index (χ0) is 15.6. The van der Waals surface area contributed by atoms with Gasteiger partial charge < -0.3 is 9.47 Å². The molecule has 5 nitrogen and oxygen atoms in total. The number of ether oxygens (including phenoxy) is 2. The van der Waals surface area contributed by atoms with Crippen molar-refractivity contribution in [2.75, 3.05) is 7.11 Å². The molecule has 0 saturated carbocycles. The van der Waals surface area contributed by atoms with Gasteiger partial charge in [-0.2, -0.15) is 8.78 Å². The molecule has 1 heterocycles. The van der Waals surface area contributed by atoms with Crippen molar-refractivity contribution >= 4 is 40.6 Å². The number of halogens is 3. The zero-order valence-electron chi connectivity index (χ0n) is 10.5. The normalized spacial score (nSPS) is 16.5. The molecule has 0 aliphatic carbocycles. The fourth-order valence-electron chi connectivity index (χ4n) is 1.60. The minimum atomic E-state index is -3.05. The van der Waals surface area contributed by atoms with E-state index >= 15 is 0 Å². The topological polar surface area (TPSA) is 64.6 Å². The van der Waals surface area contributed by atoms with E-state index in [1.807, 2.05) is 0 Å². The minimum absolute atomic E-state index is 0.00983. The van der Waals surface area contributed by atoms with Gasteiger partial charge in [0.05, 0.1) is 17.0 Å². The summed E-state index contributed by atoms with van der Waals surface area (Å²) in [4.78, 5) is 22.7. The maximum absolute atomic E-state index is 12.3. The van der Waals surface area contributed by atoms with Crippen LogP contribution in [0.4, 0.5) is 13.6 Å². The van der Waals surface area contributed by atoms with E-state index in [9.17, 15) is 18.4 Å². The van der Waals surface area contributed by atoms with E-state index in [2.05, 4.69) is 10.1 Å².